The fourth-order valence-corrected chi connectivity index (χ4v) is 1.78. The first-order valence-electron chi connectivity index (χ1n) is 5.07. The molecular formula is C12H15ClF3NO. The van der Waals surface area contributed by atoms with Crippen LogP contribution in [0.5, 0.6) is 0 Å². The lowest BCUT2D eigenvalue weighted by Crippen LogP contribution is -2.26. The monoisotopic (exact) mass is 281 g/mol. The first-order valence-corrected chi connectivity index (χ1v) is 5.07. The summed E-state index contributed by atoms with van der Waals surface area (Å²) in [6.07, 6.45) is -4.39. The predicted octanol–water partition coefficient (Wildman–Crippen LogP) is 3.32. The number of Topliss-reactive ketones (excluding diaryl/α,β-unsaturated/α-hetero) is 1. The number of likely N-dealkylation sites (N-methyl/N-ethyl adjacent to an activating group) is 1. The van der Waals surface area contributed by atoms with Crippen molar-refractivity contribution in [2.75, 3.05) is 14.1 Å². The summed E-state index contributed by atoms with van der Waals surface area (Å²) in [6, 6.07) is 4.22. The first kappa shape index (κ1) is 16.9. The van der Waals surface area contributed by atoms with Crippen LogP contribution >= 0.6 is 12.4 Å². The van der Waals surface area contributed by atoms with Crippen LogP contribution in [-0.4, -0.2) is 24.8 Å². The van der Waals surface area contributed by atoms with E-state index in [1.807, 2.05) is 0 Å². The second-order valence-electron chi connectivity index (χ2n) is 4.10. The fraction of sp³-hybridized carbons (Fsp3) is 0.417. The summed E-state index contributed by atoms with van der Waals surface area (Å²) >= 11 is 0. The fourth-order valence-electron chi connectivity index (χ4n) is 1.78. The Morgan fingerprint density at radius 3 is 2.22 bits per heavy atom. The van der Waals surface area contributed by atoms with Crippen LogP contribution in [0.15, 0.2) is 24.3 Å². The molecule has 2 nitrogen and oxygen atoms in total. The Morgan fingerprint density at radius 1 is 1.28 bits per heavy atom. The number of hydrogen-bond donors (Lipinski definition) is 0. The third-order valence-electron chi connectivity index (χ3n) is 2.43. The van der Waals surface area contributed by atoms with Gasteiger partial charge in [-0.3, -0.25) is 9.69 Å². The maximum absolute atomic E-state index is 12.5. The van der Waals surface area contributed by atoms with Gasteiger partial charge in [0.25, 0.3) is 0 Å². The summed E-state index contributed by atoms with van der Waals surface area (Å²) < 4.78 is 37.6. The molecule has 0 heterocycles. The number of nitrogens with zero attached hydrogens (tertiary/aromatic N) is 1. The molecule has 0 aliphatic heterocycles. The van der Waals surface area contributed by atoms with Crippen LogP contribution < -0.4 is 0 Å². The lowest BCUT2D eigenvalue weighted by Gasteiger charge is -2.22. The van der Waals surface area contributed by atoms with Gasteiger partial charge in [0.2, 0.25) is 0 Å². The van der Waals surface area contributed by atoms with Gasteiger partial charge in [-0.25, -0.2) is 0 Å². The van der Waals surface area contributed by atoms with Crippen molar-refractivity contribution in [3.8, 4) is 0 Å². The van der Waals surface area contributed by atoms with E-state index in [0.717, 1.165) is 12.1 Å². The van der Waals surface area contributed by atoms with Crippen LogP contribution in [0.3, 0.4) is 0 Å². The molecule has 0 amide bonds. The topological polar surface area (TPSA) is 20.3 Å². The Balaban J connectivity index is 0.00000289. The van der Waals surface area contributed by atoms with Crippen molar-refractivity contribution < 1.29 is 18.0 Å². The van der Waals surface area contributed by atoms with E-state index in [4.69, 9.17) is 0 Å². The summed E-state index contributed by atoms with van der Waals surface area (Å²) in [4.78, 5) is 13.0. The van der Waals surface area contributed by atoms with E-state index in [-0.39, 0.29) is 18.2 Å². The molecule has 0 saturated carbocycles. The van der Waals surface area contributed by atoms with Gasteiger partial charge in [0.05, 0.1) is 11.6 Å². The number of alkyl halides is 3. The Hall–Kier alpha value is -1.07. The highest BCUT2D eigenvalue weighted by Crippen LogP contribution is 2.31. The van der Waals surface area contributed by atoms with Gasteiger partial charge >= 0.3 is 6.18 Å². The number of hydrogen-bond acceptors (Lipinski definition) is 2. The minimum absolute atomic E-state index is 0. The van der Waals surface area contributed by atoms with Gasteiger partial charge in [-0.05, 0) is 38.7 Å². The van der Waals surface area contributed by atoms with E-state index in [0.29, 0.717) is 5.56 Å². The molecule has 0 bridgehead atoms. The van der Waals surface area contributed by atoms with Gasteiger partial charge < -0.3 is 0 Å². The molecule has 6 heteroatoms. The number of ketones is 1. The minimum atomic E-state index is -4.39. The molecule has 0 N–H and O–H groups in total. The smallest absolute Gasteiger partial charge is 0.298 e. The number of carbonyl (C=O) groups is 1. The van der Waals surface area contributed by atoms with Crippen LogP contribution in [0.2, 0.25) is 0 Å². The van der Waals surface area contributed by atoms with E-state index in [9.17, 15) is 18.0 Å². The third-order valence-corrected chi connectivity index (χ3v) is 2.43. The maximum atomic E-state index is 12.5. The SMILES string of the molecule is CC(=O)C(c1cccc(C(F)(F)F)c1)N(C)C.Cl. The van der Waals surface area contributed by atoms with Gasteiger partial charge in [0.15, 0.2) is 5.78 Å². The average molecular weight is 282 g/mol. The number of halogens is 4. The van der Waals surface area contributed by atoms with Gasteiger partial charge in [-0.2, -0.15) is 13.2 Å². The molecule has 0 fully saturated rings. The van der Waals surface area contributed by atoms with Crippen molar-refractivity contribution in [2.45, 2.75) is 19.1 Å². The zero-order valence-electron chi connectivity index (χ0n) is 10.3. The summed E-state index contributed by atoms with van der Waals surface area (Å²) in [5.74, 6) is -0.186. The van der Waals surface area contributed by atoms with Crippen molar-refractivity contribution in [3.63, 3.8) is 0 Å². The van der Waals surface area contributed by atoms with Gasteiger partial charge in [0, 0.05) is 0 Å². The molecule has 0 aromatic heterocycles. The lowest BCUT2D eigenvalue weighted by atomic mass is 10.00. The number of carbonyl (C=O) groups excluding carboxylic acids is 1. The second-order valence-corrected chi connectivity index (χ2v) is 4.10. The van der Waals surface area contributed by atoms with Crippen molar-refractivity contribution in [3.05, 3.63) is 35.4 Å². The first-order chi connectivity index (χ1) is 7.73. The van der Waals surface area contributed by atoms with Crippen molar-refractivity contribution in [2.24, 2.45) is 0 Å². The Kier molecular flexibility index (Phi) is 5.83. The molecule has 1 unspecified atom stereocenters. The van der Waals surface area contributed by atoms with Crippen LogP contribution in [0.1, 0.15) is 24.1 Å². The van der Waals surface area contributed by atoms with E-state index < -0.39 is 17.8 Å². The summed E-state index contributed by atoms with van der Waals surface area (Å²) in [5.41, 5.74) is -0.375. The number of rotatable bonds is 3. The molecule has 0 spiro atoms. The Labute approximate surface area is 110 Å². The molecule has 0 saturated heterocycles. The largest absolute Gasteiger partial charge is 0.416 e. The van der Waals surface area contributed by atoms with E-state index >= 15 is 0 Å². The Morgan fingerprint density at radius 2 is 1.83 bits per heavy atom. The second kappa shape index (κ2) is 6.20. The normalized spacial score (nSPS) is 13.1. The molecule has 1 aromatic rings. The molecule has 1 rings (SSSR count). The summed E-state index contributed by atoms with van der Waals surface area (Å²) in [5, 5.41) is 0. The van der Waals surface area contributed by atoms with Crippen LogP contribution in [0.25, 0.3) is 0 Å². The highest BCUT2D eigenvalue weighted by Gasteiger charge is 2.31. The van der Waals surface area contributed by atoms with Gasteiger partial charge in [0.1, 0.15) is 0 Å². The molecule has 0 aliphatic rings. The summed E-state index contributed by atoms with van der Waals surface area (Å²) in [6.45, 7) is 1.37. The van der Waals surface area contributed by atoms with Crippen molar-refractivity contribution in [1.82, 2.24) is 4.90 Å². The molecule has 0 radical (unpaired) electrons. The highest BCUT2D eigenvalue weighted by molar-refractivity contribution is 5.85. The predicted molar refractivity (Wildman–Crippen MR) is 65.8 cm³/mol. The molecule has 1 aromatic carbocycles. The van der Waals surface area contributed by atoms with E-state index in [1.54, 1.807) is 19.0 Å². The average Bonchev–Trinajstić information content (AvgIpc) is 2.15. The summed E-state index contributed by atoms with van der Waals surface area (Å²) in [7, 11) is 3.32. The lowest BCUT2D eigenvalue weighted by molar-refractivity contribution is -0.137. The molecule has 1 atom stereocenters. The third kappa shape index (κ3) is 3.99. The standard InChI is InChI=1S/C12H14F3NO.ClH/c1-8(17)11(16(2)3)9-5-4-6-10(7-9)12(13,14)15;/h4-7,11H,1-3H3;1H. The Bertz CT molecular complexity index is 418. The van der Waals surface area contributed by atoms with Crippen LogP contribution in [0, 0.1) is 0 Å². The zero-order chi connectivity index (χ0) is 13.2. The van der Waals surface area contributed by atoms with Crippen LogP contribution in [-0.2, 0) is 11.0 Å². The highest BCUT2D eigenvalue weighted by atomic mass is 35.5. The van der Waals surface area contributed by atoms with E-state index in [1.165, 1.54) is 19.1 Å². The number of benzene rings is 1. The molecule has 102 valence electrons. The van der Waals surface area contributed by atoms with Gasteiger partial charge in [-0.1, -0.05) is 12.1 Å². The van der Waals surface area contributed by atoms with Gasteiger partial charge in [-0.15, -0.1) is 12.4 Å². The van der Waals surface area contributed by atoms with Crippen molar-refractivity contribution >= 4 is 18.2 Å². The van der Waals surface area contributed by atoms with Crippen molar-refractivity contribution in [1.29, 1.82) is 0 Å². The molecule has 0 aliphatic carbocycles. The minimum Gasteiger partial charge on any atom is -0.298 e. The quantitative estimate of drug-likeness (QED) is 0.847. The van der Waals surface area contributed by atoms with E-state index in [2.05, 4.69) is 0 Å². The zero-order valence-corrected chi connectivity index (χ0v) is 11.1. The molecule has 18 heavy (non-hydrogen) atoms. The molecular weight excluding hydrogens is 267 g/mol. The van der Waals surface area contributed by atoms with Crippen LogP contribution in [0.4, 0.5) is 13.2 Å². The maximum Gasteiger partial charge on any atom is 0.416 e.